The fourth-order valence-corrected chi connectivity index (χ4v) is 3.51. The largest absolute Gasteiger partial charge is 0.493 e. The average Bonchev–Trinajstić information content (AvgIpc) is 3.04. The summed E-state index contributed by atoms with van der Waals surface area (Å²) < 4.78 is 1.69. The molecule has 0 saturated carbocycles. The van der Waals surface area contributed by atoms with E-state index < -0.39 is 0 Å². The second-order valence-corrected chi connectivity index (χ2v) is 7.54. The molecular formula is C23H25ClN4O3. The number of azo groups is 1. The number of aromatic hydroxyl groups is 1. The summed E-state index contributed by atoms with van der Waals surface area (Å²) in [7, 11) is 0. The zero-order valence-corrected chi connectivity index (χ0v) is 18.1. The molecule has 0 atom stereocenters. The fraction of sp³-hybridized carbons (Fsp3) is 0.304. The van der Waals surface area contributed by atoms with Gasteiger partial charge in [-0.05, 0) is 50.1 Å². The predicted molar refractivity (Wildman–Crippen MR) is 121 cm³/mol. The molecule has 0 aliphatic heterocycles. The number of fused-ring (bicyclic) bond motifs is 1. The van der Waals surface area contributed by atoms with Crippen molar-refractivity contribution in [1.29, 1.82) is 0 Å². The van der Waals surface area contributed by atoms with E-state index in [1.165, 1.54) is 0 Å². The van der Waals surface area contributed by atoms with Crippen LogP contribution in [0.1, 0.15) is 43.0 Å². The van der Waals surface area contributed by atoms with Crippen molar-refractivity contribution in [2.24, 2.45) is 10.2 Å². The van der Waals surface area contributed by atoms with Gasteiger partial charge in [0.15, 0.2) is 5.69 Å². The first-order chi connectivity index (χ1) is 15.0. The second kappa shape index (κ2) is 10.7. The molecule has 2 aromatic carbocycles. The molecule has 3 rings (SSSR count). The van der Waals surface area contributed by atoms with Gasteiger partial charge in [0, 0.05) is 35.5 Å². The summed E-state index contributed by atoms with van der Waals surface area (Å²) in [6.45, 7) is 3.00. The molecule has 0 aliphatic carbocycles. The summed E-state index contributed by atoms with van der Waals surface area (Å²) in [5, 5.41) is 22.2. The first-order valence-electron chi connectivity index (χ1n) is 10.3. The maximum atomic E-state index is 12.1. The van der Waals surface area contributed by atoms with Gasteiger partial charge in [0.2, 0.25) is 5.88 Å². The molecule has 1 heterocycles. The third-order valence-corrected chi connectivity index (χ3v) is 5.17. The van der Waals surface area contributed by atoms with Gasteiger partial charge in [0.25, 0.3) is 11.8 Å². The molecule has 162 valence electrons. The maximum absolute atomic E-state index is 12.1. The number of benzene rings is 2. The quantitative estimate of drug-likeness (QED) is 0.333. The molecule has 0 bridgehead atoms. The van der Waals surface area contributed by atoms with Crippen molar-refractivity contribution in [2.75, 3.05) is 6.54 Å². The molecular weight excluding hydrogens is 416 g/mol. The van der Waals surface area contributed by atoms with Crippen LogP contribution >= 0.6 is 11.6 Å². The van der Waals surface area contributed by atoms with Gasteiger partial charge in [-0.1, -0.05) is 36.2 Å². The summed E-state index contributed by atoms with van der Waals surface area (Å²) >= 11 is 6.07. The first kappa shape index (κ1) is 22.5. The topological polar surface area (TPSA) is 96.0 Å². The number of rotatable bonds is 9. The molecule has 3 aromatic rings. The Balaban J connectivity index is 1.46. The second-order valence-electron chi connectivity index (χ2n) is 7.10. The van der Waals surface area contributed by atoms with Crippen LogP contribution in [0.2, 0.25) is 5.02 Å². The van der Waals surface area contributed by atoms with E-state index in [1.54, 1.807) is 34.9 Å². The van der Waals surface area contributed by atoms with Gasteiger partial charge in [0.1, 0.15) is 0 Å². The first-order valence-corrected chi connectivity index (χ1v) is 10.7. The normalized spacial score (nSPS) is 11.3. The van der Waals surface area contributed by atoms with E-state index in [0.29, 0.717) is 35.5 Å². The van der Waals surface area contributed by atoms with Crippen LogP contribution in [0.5, 0.6) is 5.88 Å². The maximum Gasteiger partial charge on any atom is 0.264 e. The molecule has 7 nitrogen and oxygen atoms in total. The predicted octanol–water partition coefficient (Wildman–Crippen LogP) is 5.62. The van der Waals surface area contributed by atoms with Gasteiger partial charge in [0.05, 0.1) is 5.52 Å². The lowest BCUT2D eigenvalue weighted by molar-refractivity contribution is -0.118. The smallest absolute Gasteiger partial charge is 0.264 e. The molecule has 0 unspecified atom stereocenters. The van der Waals surface area contributed by atoms with Gasteiger partial charge >= 0.3 is 0 Å². The Morgan fingerprint density at radius 3 is 2.61 bits per heavy atom. The molecule has 31 heavy (non-hydrogen) atoms. The summed E-state index contributed by atoms with van der Waals surface area (Å²) in [6, 6.07) is 14.3. The Labute approximate surface area is 185 Å². The number of aryl methyl sites for hydroxylation is 1. The molecule has 0 aliphatic rings. The van der Waals surface area contributed by atoms with Crippen molar-refractivity contribution in [2.45, 2.75) is 39.2 Å². The summed E-state index contributed by atoms with van der Waals surface area (Å²) in [5.74, 6) is -0.491. The Morgan fingerprint density at radius 2 is 1.87 bits per heavy atom. The third-order valence-electron chi connectivity index (χ3n) is 4.94. The number of amides is 2. The van der Waals surface area contributed by atoms with Gasteiger partial charge in [-0.15, -0.1) is 10.2 Å². The van der Waals surface area contributed by atoms with Crippen molar-refractivity contribution >= 4 is 40.0 Å². The minimum Gasteiger partial charge on any atom is -0.493 e. The SMILES string of the molecule is CCn1c(O)c(N=NC(=O)CCCCCNC(=O)c2ccccc2)c2cc(Cl)ccc21. The van der Waals surface area contributed by atoms with Crippen LogP contribution in [-0.2, 0) is 11.3 Å². The van der Waals surface area contributed by atoms with E-state index in [-0.39, 0.29) is 29.8 Å². The van der Waals surface area contributed by atoms with Crippen LogP contribution in [0.3, 0.4) is 0 Å². The molecule has 2 N–H and O–H groups in total. The third kappa shape index (κ3) is 5.70. The minimum atomic E-state index is -0.354. The van der Waals surface area contributed by atoms with E-state index in [4.69, 9.17) is 11.6 Å². The van der Waals surface area contributed by atoms with Gasteiger partial charge in [-0.25, -0.2) is 0 Å². The number of nitrogens with zero attached hydrogens (tertiary/aromatic N) is 3. The van der Waals surface area contributed by atoms with E-state index in [0.717, 1.165) is 18.4 Å². The Kier molecular flexibility index (Phi) is 7.78. The Hall–Kier alpha value is -3.19. The number of nitrogens with one attached hydrogen (secondary N) is 1. The molecule has 0 fully saturated rings. The van der Waals surface area contributed by atoms with Crippen LogP contribution in [0.25, 0.3) is 10.9 Å². The highest BCUT2D eigenvalue weighted by Gasteiger charge is 2.16. The molecule has 2 amide bonds. The Bertz CT molecular complexity index is 1090. The zero-order chi connectivity index (χ0) is 22.2. The molecule has 0 radical (unpaired) electrons. The zero-order valence-electron chi connectivity index (χ0n) is 17.3. The number of unbranched alkanes of at least 4 members (excludes halogenated alkanes) is 2. The Morgan fingerprint density at radius 1 is 1.10 bits per heavy atom. The standard InChI is InChI=1S/C23H25ClN4O3/c1-2-28-19-13-12-17(24)15-18(19)21(23(28)31)27-26-20(29)11-7-4-8-14-25-22(30)16-9-5-3-6-10-16/h3,5-6,9-10,12-13,15,31H,2,4,7-8,11,14H2,1H3,(H,25,30). The van der Waals surface area contributed by atoms with E-state index in [1.807, 2.05) is 25.1 Å². The number of hydrogen-bond donors (Lipinski definition) is 2. The monoisotopic (exact) mass is 440 g/mol. The van der Waals surface area contributed by atoms with Crippen LogP contribution in [0.15, 0.2) is 58.8 Å². The van der Waals surface area contributed by atoms with Gasteiger partial charge < -0.3 is 15.0 Å². The number of halogens is 1. The van der Waals surface area contributed by atoms with E-state index in [9.17, 15) is 14.7 Å². The van der Waals surface area contributed by atoms with Crippen molar-refractivity contribution in [3.8, 4) is 5.88 Å². The lowest BCUT2D eigenvalue weighted by Crippen LogP contribution is -2.24. The van der Waals surface area contributed by atoms with Crippen LogP contribution < -0.4 is 5.32 Å². The van der Waals surface area contributed by atoms with Crippen LogP contribution in [-0.4, -0.2) is 28.0 Å². The fourth-order valence-electron chi connectivity index (χ4n) is 3.34. The van der Waals surface area contributed by atoms with Crippen LogP contribution in [0.4, 0.5) is 5.69 Å². The van der Waals surface area contributed by atoms with E-state index >= 15 is 0 Å². The average molecular weight is 441 g/mol. The van der Waals surface area contributed by atoms with E-state index in [2.05, 4.69) is 15.5 Å². The van der Waals surface area contributed by atoms with Crippen LogP contribution in [0, 0.1) is 0 Å². The van der Waals surface area contributed by atoms with Crippen molar-refractivity contribution in [3.63, 3.8) is 0 Å². The van der Waals surface area contributed by atoms with Gasteiger partial charge in [-0.2, -0.15) is 0 Å². The highest BCUT2D eigenvalue weighted by molar-refractivity contribution is 6.31. The van der Waals surface area contributed by atoms with Crippen molar-refractivity contribution in [1.82, 2.24) is 9.88 Å². The highest BCUT2D eigenvalue weighted by Crippen LogP contribution is 2.39. The summed E-state index contributed by atoms with van der Waals surface area (Å²) in [6.07, 6.45) is 2.45. The number of aromatic nitrogens is 1. The summed E-state index contributed by atoms with van der Waals surface area (Å²) in [5.41, 5.74) is 1.66. The molecule has 0 saturated heterocycles. The molecule has 0 spiro atoms. The molecule has 1 aromatic heterocycles. The van der Waals surface area contributed by atoms with Gasteiger partial charge in [-0.3, -0.25) is 9.59 Å². The number of carbonyl (C=O) groups excluding carboxylic acids is 2. The lowest BCUT2D eigenvalue weighted by Gasteiger charge is -2.04. The highest BCUT2D eigenvalue weighted by atomic mass is 35.5. The molecule has 8 heteroatoms. The lowest BCUT2D eigenvalue weighted by atomic mass is 10.2. The number of carbonyl (C=O) groups is 2. The minimum absolute atomic E-state index is 0.0366. The van der Waals surface area contributed by atoms with Crippen molar-refractivity contribution < 1.29 is 14.7 Å². The van der Waals surface area contributed by atoms with Crippen molar-refractivity contribution in [3.05, 3.63) is 59.1 Å². The summed E-state index contributed by atoms with van der Waals surface area (Å²) in [4.78, 5) is 24.0. The number of hydrogen-bond acceptors (Lipinski definition) is 4.